The number of aromatic nitrogens is 2. The van der Waals surface area contributed by atoms with E-state index in [1.54, 1.807) is 25.4 Å². The van der Waals surface area contributed by atoms with Gasteiger partial charge in [0.1, 0.15) is 5.84 Å². The fourth-order valence-corrected chi connectivity index (χ4v) is 5.46. The molecule has 242 valence electrons. The number of hydrazine groups is 2. The first kappa shape index (κ1) is 32.7. The van der Waals surface area contributed by atoms with E-state index in [-0.39, 0.29) is 6.54 Å². The monoisotopic (exact) mass is 631 g/mol. The second kappa shape index (κ2) is 14.2. The van der Waals surface area contributed by atoms with Crippen LogP contribution in [0.2, 0.25) is 0 Å². The van der Waals surface area contributed by atoms with Gasteiger partial charge in [0.15, 0.2) is 5.75 Å². The lowest BCUT2D eigenvalue weighted by atomic mass is 9.90. The van der Waals surface area contributed by atoms with E-state index in [4.69, 9.17) is 4.74 Å². The summed E-state index contributed by atoms with van der Waals surface area (Å²) in [5.74, 6) is 2.06. The second-order valence-electron chi connectivity index (χ2n) is 12.0. The molecular weight excluding hydrogens is 591 g/mol. The third-order valence-corrected chi connectivity index (χ3v) is 7.86. The van der Waals surface area contributed by atoms with Gasteiger partial charge in [-0.1, -0.05) is 67.4 Å². The van der Waals surface area contributed by atoms with Crippen LogP contribution in [-0.4, -0.2) is 22.4 Å². The predicted molar refractivity (Wildman–Crippen MR) is 175 cm³/mol. The molecule has 5 rings (SSSR count). The quantitative estimate of drug-likeness (QED) is 0.140. The zero-order valence-corrected chi connectivity index (χ0v) is 26.8. The highest BCUT2D eigenvalue weighted by Crippen LogP contribution is 2.34. The standard InChI is InChI=1S/C35H40F3N7O/c1-22(2)27-10-9-25(5)32(17-27)31-11-8-23(3)14-28(31)21-45(20-26-13-24(4)15-29(16-26)35(36,37)38)34-39-18-30(19-40-34)46-12-6-7-33-41-43-44-42-33/h8-11,13-19,22,43-44H,6-7,12,20-21H2,1-5H3,(H,41,42). The van der Waals surface area contributed by atoms with E-state index in [0.717, 1.165) is 40.1 Å². The van der Waals surface area contributed by atoms with Crippen molar-refractivity contribution >= 4 is 11.8 Å². The number of ether oxygens (including phenoxy) is 1. The maximum atomic E-state index is 13.8. The largest absolute Gasteiger partial charge is 0.490 e. The van der Waals surface area contributed by atoms with Gasteiger partial charge in [-0.2, -0.15) is 13.2 Å². The number of hydrogen-bond acceptors (Lipinski definition) is 8. The number of rotatable bonds is 12. The van der Waals surface area contributed by atoms with Gasteiger partial charge in [0, 0.05) is 19.5 Å². The number of nitrogens with zero attached hydrogens (tertiary/aromatic N) is 4. The highest BCUT2D eigenvalue weighted by atomic mass is 19.4. The molecular formula is C35H40F3N7O. The van der Waals surface area contributed by atoms with Crippen LogP contribution in [0.25, 0.3) is 11.1 Å². The molecule has 4 aromatic rings. The number of hydrogen-bond donors (Lipinski definition) is 3. The normalized spacial score (nSPS) is 12.9. The molecule has 8 nitrogen and oxygen atoms in total. The van der Waals surface area contributed by atoms with Crippen molar-refractivity contribution in [3.8, 4) is 16.9 Å². The first-order valence-electron chi connectivity index (χ1n) is 15.4. The number of aryl methyl sites for hydroxylation is 3. The van der Waals surface area contributed by atoms with Crippen molar-refractivity contribution in [2.45, 2.75) is 72.6 Å². The molecule has 0 radical (unpaired) electrons. The number of amidine groups is 1. The van der Waals surface area contributed by atoms with Crippen LogP contribution in [-0.2, 0) is 19.3 Å². The van der Waals surface area contributed by atoms with Crippen molar-refractivity contribution in [3.05, 3.63) is 106 Å². The van der Waals surface area contributed by atoms with Crippen LogP contribution < -0.4 is 26.1 Å². The van der Waals surface area contributed by atoms with Gasteiger partial charge in [0.25, 0.3) is 0 Å². The number of halogens is 3. The zero-order valence-electron chi connectivity index (χ0n) is 26.8. The number of nitrogens with one attached hydrogen (secondary N) is 3. The van der Waals surface area contributed by atoms with Crippen LogP contribution in [0.3, 0.4) is 0 Å². The number of benzene rings is 3. The van der Waals surface area contributed by atoms with Crippen LogP contribution in [0.15, 0.2) is 72.1 Å². The molecule has 0 amide bonds. The van der Waals surface area contributed by atoms with Gasteiger partial charge in [0.2, 0.25) is 5.95 Å². The van der Waals surface area contributed by atoms with Gasteiger partial charge in [0.05, 0.1) is 24.6 Å². The Bertz CT molecular complexity index is 1690. The fourth-order valence-electron chi connectivity index (χ4n) is 5.46. The summed E-state index contributed by atoms with van der Waals surface area (Å²) in [4.78, 5) is 11.1. The van der Waals surface area contributed by atoms with Gasteiger partial charge in [-0.25, -0.2) is 15.5 Å². The van der Waals surface area contributed by atoms with E-state index in [9.17, 15) is 13.2 Å². The minimum atomic E-state index is -4.45. The molecule has 0 unspecified atom stereocenters. The molecule has 0 saturated heterocycles. The predicted octanol–water partition coefficient (Wildman–Crippen LogP) is 7.50. The second-order valence-corrected chi connectivity index (χ2v) is 12.0. The average molecular weight is 632 g/mol. The van der Waals surface area contributed by atoms with Gasteiger partial charge >= 0.3 is 6.18 Å². The Balaban J connectivity index is 1.46. The molecule has 0 atom stereocenters. The molecule has 1 aliphatic rings. The maximum absolute atomic E-state index is 13.8. The first-order chi connectivity index (χ1) is 22.0. The van der Waals surface area contributed by atoms with Crippen molar-refractivity contribution in [2.24, 2.45) is 5.10 Å². The third kappa shape index (κ3) is 8.33. The van der Waals surface area contributed by atoms with Gasteiger partial charge in [-0.15, -0.1) is 10.6 Å². The summed E-state index contributed by atoms with van der Waals surface area (Å²) >= 11 is 0. The lowest BCUT2D eigenvalue weighted by molar-refractivity contribution is -0.137. The lowest BCUT2D eigenvalue weighted by Crippen LogP contribution is -2.35. The van der Waals surface area contributed by atoms with Gasteiger partial charge in [-0.05, 0) is 78.6 Å². The number of hydrazone groups is 1. The van der Waals surface area contributed by atoms with Gasteiger partial charge in [-0.3, -0.25) is 5.43 Å². The molecule has 0 aliphatic carbocycles. The van der Waals surface area contributed by atoms with Crippen LogP contribution >= 0.6 is 0 Å². The maximum Gasteiger partial charge on any atom is 0.416 e. The zero-order chi connectivity index (χ0) is 32.8. The van der Waals surface area contributed by atoms with E-state index in [1.165, 1.54) is 17.7 Å². The molecule has 0 bridgehead atoms. The van der Waals surface area contributed by atoms with Gasteiger partial charge < -0.3 is 9.64 Å². The fraction of sp³-hybridized carbons (Fsp3) is 0.343. The van der Waals surface area contributed by atoms with E-state index in [1.807, 2.05) is 11.8 Å². The lowest BCUT2D eigenvalue weighted by Gasteiger charge is -2.26. The third-order valence-electron chi connectivity index (χ3n) is 7.86. The van der Waals surface area contributed by atoms with Crippen molar-refractivity contribution < 1.29 is 17.9 Å². The highest BCUT2D eigenvalue weighted by Gasteiger charge is 2.31. The summed E-state index contributed by atoms with van der Waals surface area (Å²) in [6.45, 7) is 11.2. The summed E-state index contributed by atoms with van der Waals surface area (Å²) in [6, 6.07) is 17.0. The average Bonchev–Trinajstić information content (AvgIpc) is 3.53. The van der Waals surface area contributed by atoms with Crippen LogP contribution in [0.1, 0.15) is 71.6 Å². The van der Waals surface area contributed by atoms with E-state index < -0.39 is 11.7 Å². The minimum absolute atomic E-state index is 0.181. The molecule has 1 aliphatic heterocycles. The highest BCUT2D eigenvalue weighted by molar-refractivity contribution is 5.82. The Labute approximate surface area is 268 Å². The molecule has 3 aromatic carbocycles. The molecule has 0 fully saturated rings. The van der Waals surface area contributed by atoms with E-state index >= 15 is 0 Å². The topological polar surface area (TPSA) is 86.7 Å². The molecule has 1 aromatic heterocycles. The Morgan fingerprint density at radius 3 is 2.35 bits per heavy atom. The molecule has 0 saturated carbocycles. The number of alkyl halides is 3. The molecule has 11 heteroatoms. The van der Waals surface area contributed by atoms with Crippen LogP contribution in [0, 0.1) is 20.8 Å². The molecule has 0 spiro atoms. The Morgan fingerprint density at radius 1 is 0.870 bits per heavy atom. The summed E-state index contributed by atoms with van der Waals surface area (Å²) in [5.41, 5.74) is 15.3. The minimum Gasteiger partial charge on any atom is -0.490 e. The van der Waals surface area contributed by atoms with Crippen molar-refractivity contribution in [1.82, 2.24) is 26.5 Å². The van der Waals surface area contributed by atoms with Crippen molar-refractivity contribution in [2.75, 3.05) is 11.5 Å². The number of anilines is 1. The summed E-state index contributed by atoms with van der Waals surface area (Å²) in [5, 5.41) is 4.05. The van der Waals surface area contributed by atoms with Crippen LogP contribution in [0.4, 0.5) is 19.1 Å². The van der Waals surface area contributed by atoms with E-state index in [0.29, 0.717) is 48.3 Å². The first-order valence-corrected chi connectivity index (χ1v) is 15.4. The van der Waals surface area contributed by atoms with E-state index in [2.05, 4.69) is 88.7 Å². The Kier molecular flexibility index (Phi) is 10.1. The summed E-state index contributed by atoms with van der Waals surface area (Å²) in [7, 11) is 0. The molecule has 3 N–H and O–H groups in total. The SMILES string of the molecule is Cc1cc(CN(Cc2cc(C)ccc2-c2cc(C(C)C)ccc2C)c2ncc(OCCCC3=NNNN3)cn2)cc(C(F)(F)F)c1. The summed E-state index contributed by atoms with van der Waals surface area (Å²) < 4.78 is 47.1. The molecule has 46 heavy (non-hydrogen) atoms. The van der Waals surface area contributed by atoms with Crippen molar-refractivity contribution in [1.29, 1.82) is 0 Å². The Hall–Kier alpha value is -4.64. The van der Waals surface area contributed by atoms with Crippen molar-refractivity contribution in [3.63, 3.8) is 0 Å². The summed E-state index contributed by atoms with van der Waals surface area (Å²) in [6.07, 6.45) is 0.188. The molecule has 2 heterocycles. The van der Waals surface area contributed by atoms with Crippen LogP contribution in [0.5, 0.6) is 5.75 Å². The smallest absolute Gasteiger partial charge is 0.416 e. The Morgan fingerprint density at radius 2 is 1.65 bits per heavy atom.